The first kappa shape index (κ1) is 15.3. The number of hydrogen-bond donors (Lipinski definition) is 0. The minimum absolute atomic E-state index is 0.00746. The summed E-state index contributed by atoms with van der Waals surface area (Å²) in [5.41, 5.74) is 1.21. The summed E-state index contributed by atoms with van der Waals surface area (Å²) < 4.78 is 18.4. The molecule has 0 radical (unpaired) electrons. The molecule has 0 atom stereocenters. The average molecular weight is 364 g/mol. The standard InChI is InChI=1S/C16H11ClFN3O2S/c17-13-5-11(18)1-2-12(13)16(22)21-6-10(7-21)15-19-14(20-23-15)9-3-4-24-8-9/h1-5,8,10H,6-7H2. The molecule has 0 spiro atoms. The number of amides is 1. The lowest BCUT2D eigenvalue weighted by Crippen LogP contribution is -2.48. The van der Waals surface area contributed by atoms with E-state index in [-0.39, 0.29) is 16.8 Å². The Balaban J connectivity index is 1.44. The number of benzene rings is 1. The molecule has 5 nitrogen and oxygen atoms in total. The minimum Gasteiger partial charge on any atom is -0.339 e. The van der Waals surface area contributed by atoms with E-state index < -0.39 is 5.82 Å². The van der Waals surface area contributed by atoms with Crippen LogP contribution in [0.15, 0.2) is 39.5 Å². The fourth-order valence-electron chi connectivity index (χ4n) is 2.54. The molecule has 122 valence electrons. The molecule has 0 saturated carbocycles. The molecule has 2 aromatic heterocycles. The molecule has 3 heterocycles. The number of aromatic nitrogens is 2. The predicted molar refractivity (Wildman–Crippen MR) is 87.7 cm³/mol. The Morgan fingerprint density at radius 2 is 2.21 bits per heavy atom. The molecule has 1 aliphatic rings. The first-order valence-corrected chi connectivity index (χ1v) is 8.54. The van der Waals surface area contributed by atoms with Crippen LogP contribution in [0.2, 0.25) is 5.02 Å². The molecule has 0 bridgehead atoms. The van der Waals surface area contributed by atoms with Gasteiger partial charge < -0.3 is 9.42 Å². The maximum Gasteiger partial charge on any atom is 0.255 e. The van der Waals surface area contributed by atoms with Crippen LogP contribution >= 0.6 is 22.9 Å². The molecule has 8 heteroatoms. The number of likely N-dealkylation sites (tertiary alicyclic amines) is 1. The monoisotopic (exact) mass is 363 g/mol. The van der Waals surface area contributed by atoms with Crippen molar-refractivity contribution in [3.63, 3.8) is 0 Å². The molecule has 3 aromatic rings. The summed E-state index contributed by atoms with van der Waals surface area (Å²) in [7, 11) is 0. The van der Waals surface area contributed by atoms with Crippen LogP contribution in [0.3, 0.4) is 0 Å². The highest BCUT2D eigenvalue weighted by Crippen LogP contribution is 2.30. The fourth-order valence-corrected chi connectivity index (χ4v) is 3.43. The number of hydrogen-bond acceptors (Lipinski definition) is 5. The van der Waals surface area contributed by atoms with Crippen LogP contribution in [-0.2, 0) is 0 Å². The van der Waals surface area contributed by atoms with E-state index in [9.17, 15) is 9.18 Å². The molecular formula is C16H11ClFN3O2S. The van der Waals surface area contributed by atoms with Crippen molar-refractivity contribution in [2.45, 2.75) is 5.92 Å². The molecule has 1 fully saturated rings. The second-order valence-corrected chi connectivity index (χ2v) is 6.69. The minimum atomic E-state index is -0.468. The lowest BCUT2D eigenvalue weighted by atomic mass is 9.98. The van der Waals surface area contributed by atoms with Gasteiger partial charge in [0.2, 0.25) is 11.7 Å². The van der Waals surface area contributed by atoms with E-state index in [0.29, 0.717) is 30.4 Å². The van der Waals surface area contributed by atoms with Crippen molar-refractivity contribution in [1.29, 1.82) is 0 Å². The van der Waals surface area contributed by atoms with E-state index in [1.54, 1.807) is 16.2 Å². The van der Waals surface area contributed by atoms with Gasteiger partial charge in [-0.2, -0.15) is 16.3 Å². The van der Waals surface area contributed by atoms with Crippen LogP contribution in [0, 0.1) is 5.82 Å². The van der Waals surface area contributed by atoms with Crippen molar-refractivity contribution in [2.75, 3.05) is 13.1 Å². The van der Waals surface area contributed by atoms with Gasteiger partial charge in [-0.25, -0.2) is 4.39 Å². The largest absolute Gasteiger partial charge is 0.339 e. The van der Waals surface area contributed by atoms with Gasteiger partial charge in [0.15, 0.2) is 0 Å². The van der Waals surface area contributed by atoms with Crippen molar-refractivity contribution in [3.8, 4) is 11.4 Å². The second kappa shape index (κ2) is 5.99. The van der Waals surface area contributed by atoms with E-state index >= 15 is 0 Å². The number of nitrogens with zero attached hydrogens (tertiary/aromatic N) is 3. The van der Waals surface area contributed by atoms with Crippen LogP contribution in [0.1, 0.15) is 22.2 Å². The van der Waals surface area contributed by atoms with Crippen LogP contribution in [0.4, 0.5) is 4.39 Å². The zero-order valence-corrected chi connectivity index (χ0v) is 13.9. The Hall–Kier alpha value is -2.25. The quantitative estimate of drug-likeness (QED) is 0.709. The van der Waals surface area contributed by atoms with Crippen LogP contribution in [0.25, 0.3) is 11.4 Å². The Kier molecular flexibility index (Phi) is 3.82. The first-order chi connectivity index (χ1) is 11.6. The lowest BCUT2D eigenvalue weighted by molar-refractivity contribution is 0.0569. The van der Waals surface area contributed by atoms with Gasteiger partial charge in [0, 0.05) is 24.0 Å². The van der Waals surface area contributed by atoms with Crippen molar-refractivity contribution in [2.24, 2.45) is 0 Å². The van der Waals surface area contributed by atoms with E-state index in [2.05, 4.69) is 10.1 Å². The van der Waals surface area contributed by atoms with E-state index in [1.807, 2.05) is 16.8 Å². The third-order valence-electron chi connectivity index (χ3n) is 3.90. The normalized spacial score (nSPS) is 14.7. The van der Waals surface area contributed by atoms with Gasteiger partial charge in [-0.15, -0.1) is 0 Å². The summed E-state index contributed by atoms with van der Waals surface area (Å²) >= 11 is 7.50. The van der Waals surface area contributed by atoms with Crippen molar-refractivity contribution in [1.82, 2.24) is 15.0 Å². The third-order valence-corrected chi connectivity index (χ3v) is 4.90. The topological polar surface area (TPSA) is 59.2 Å². The lowest BCUT2D eigenvalue weighted by Gasteiger charge is -2.37. The SMILES string of the molecule is O=C(c1ccc(F)cc1Cl)N1CC(c2nc(-c3ccsc3)no2)C1. The molecule has 1 aliphatic heterocycles. The molecule has 0 aliphatic carbocycles. The first-order valence-electron chi connectivity index (χ1n) is 7.22. The van der Waals surface area contributed by atoms with E-state index in [4.69, 9.17) is 16.1 Å². The molecule has 1 amide bonds. The zero-order chi connectivity index (χ0) is 16.7. The van der Waals surface area contributed by atoms with Crippen LogP contribution in [-0.4, -0.2) is 34.0 Å². The van der Waals surface area contributed by atoms with Gasteiger partial charge in [0.25, 0.3) is 5.91 Å². The van der Waals surface area contributed by atoms with Gasteiger partial charge in [-0.1, -0.05) is 16.8 Å². The van der Waals surface area contributed by atoms with Crippen LogP contribution < -0.4 is 0 Å². The van der Waals surface area contributed by atoms with Gasteiger partial charge in [0.1, 0.15) is 5.82 Å². The molecule has 0 N–H and O–H groups in total. The van der Waals surface area contributed by atoms with E-state index in [0.717, 1.165) is 11.6 Å². The highest BCUT2D eigenvalue weighted by atomic mass is 35.5. The molecule has 4 rings (SSSR count). The highest BCUT2D eigenvalue weighted by molar-refractivity contribution is 7.08. The smallest absolute Gasteiger partial charge is 0.255 e. The number of carbonyl (C=O) groups is 1. The van der Waals surface area contributed by atoms with Crippen LogP contribution in [0.5, 0.6) is 0 Å². The van der Waals surface area contributed by atoms with Crippen molar-refractivity contribution >= 4 is 28.8 Å². The summed E-state index contributed by atoms with van der Waals surface area (Å²) in [5, 5.41) is 7.97. The molecule has 1 aromatic carbocycles. The molecule has 1 saturated heterocycles. The number of carbonyl (C=O) groups excluding carboxylic acids is 1. The summed E-state index contributed by atoms with van der Waals surface area (Å²) in [5.74, 6) is 0.384. The van der Waals surface area contributed by atoms with E-state index in [1.165, 1.54) is 12.1 Å². The van der Waals surface area contributed by atoms with Crippen molar-refractivity contribution < 1.29 is 13.7 Å². The zero-order valence-electron chi connectivity index (χ0n) is 12.3. The second-order valence-electron chi connectivity index (χ2n) is 5.50. The van der Waals surface area contributed by atoms with Gasteiger partial charge in [-0.3, -0.25) is 4.79 Å². The maximum absolute atomic E-state index is 13.1. The predicted octanol–water partition coefficient (Wildman–Crippen LogP) is 3.83. The number of rotatable bonds is 3. The summed E-state index contributed by atoms with van der Waals surface area (Å²) in [6.07, 6.45) is 0. The molecule has 24 heavy (non-hydrogen) atoms. The summed E-state index contributed by atoms with van der Waals surface area (Å²) in [4.78, 5) is 18.4. The molecular weight excluding hydrogens is 353 g/mol. The average Bonchev–Trinajstić information content (AvgIpc) is 3.16. The number of thiophene rings is 1. The van der Waals surface area contributed by atoms with Gasteiger partial charge in [0.05, 0.1) is 16.5 Å². The Morgan fingerprint density at radius 3 is 2.92 bits per heavy atom. The maximum atomic E-state index is 13.1. The van der Waals surface area contributed by atoms with Gasteiger partial charge >= 0.3 is 0 Å². The Bertz CT molecular complexity index is 891. The highest BCUT2D eigenvalue weighted by Gasteiger charge is 2.36. The Labute approximate surface area is 145 Å². The fraction of sp³-hybridized carbons (Fsp3) is 0.188. The number of halogens is 2. The van der Waals surface area contributed by atoms with Crippen molar-refractivity contribution in [3.05, 3.63) is 57.3 Å². The summed E-state index contributed by atoms with van der Waals surface area (Å²) in [6.45, 7) is 0.940. The Morgan fingerprint density at radius 1 is 1.38 bits per heavy atom. The third kappa shape index (κ3) is 2.70. The van der Waals surface area contributed by atoms with Gasteiger partial charge in [-0.05, 0) is 29.6 Å². The molecule has 0 unspecified atom stereocenters. The summed E-state index contributed by atoms with van der Waals surface area (Å²) in [6, 6.07) is 5.68.